The Kier molecular flexibility index (Phi) is 3.23. The highest BCUT2D eigenvalue weighted by Crippen LogP contribution is 2.09. The quantitative estimate of drug-likeness (QED) is 0.700. The predicted octanol–water partition coefficient (Wildman–Crippen LogP) is 3.01. The standard InChI is InChI=1S/C10H13NS/c1-3-9-4-6-10(7-5-9)11-8(2)12/h4-7H,3H2,1-2H3,(H,11,12). The summed E-state index contributed by atoms with van der Waals surface area (Å²) in [5.74, 6) is 0. The van der Waals surface area contributed by atoms with Gasteiger partial charge in [-0.15, -0.1) is 0 Å². The monoisotopic (exact) mass is 179 g/mol. The summed E-state index contributed by atoms with van der Waals surface area (Å²) in [7, 11) is 0. The van der Waals surface area contributed by atoms with Crippen molar-refractivity contribution in [2.45, 2.75) is 20.3 Å². The molecule has 0 aliphatic heterocycles. The van der Waals surface area contributed by atoms with Crippen LogP contribution in [-0.2, 0) is 6.42 Å². The first-order valence-corrected chi connectivity index (χ1v) is 4.49. The molecule has 0 radical (unpaired) electrons. The van der Waals surface area contributed by atoms with E-state index < -0.39 is 0 Å². The highest BCUT2D eigenvalue weighted by Gasteiger charge is 1.91. The van der Waals surface area contributed by atoms with Crippen LogP contribution in [0.25, 0.3) is 0 Å². The largest absolute Gasteiger partial charge is 0.350 e. The normalized spacial score (nSPS) is 9.50. The fourth-order valence-corrected chi connectivity index (χ4v) is 1.14. The van der Waals surface area contributed by atoms with Gasteiger partial charge in [0.05, 0.1) is 4.99 Å². The second-order valence-corrected chi connectivity index (χ2v) is 3.34. The maximum Gasteiger partial charge on any atom is 0.0765 e. The van der Waals surface area contributed by atoms with Gasteiger partial charge in [0.15, 0.2) is 0 Å². The first kappa shape index (κ1) is 9.20. The summed E-state index contributed by atoms with van der Waals surface area (Å²) in [4.78, 5) is 0.805. The van der Waals surface area contributed by atoms with E-state index in [1.807, 2.05) is 6.92 Å². The number of nitrogens with one attached hydrogen (secondary N) is 1. The van der Waals surface area contributed by atoms with E-state index in [2.05, 4.69) is 36.5 Å². The van der Waals surface area contributed by atoms with Gasteiger partial charge >= 0.3 is 0 Å². The van der Waals surface area contributed by atoms with Crippen LogP contribution in [0.15, 0.2) is 24.3 Å². The Morgan fingerprint density at radius 2 is 1.92 bits per heavy atom. The van der Waals surface area contributed by atoms with Crippen molar-refractivity contribution in [3.05, 3.63) is 29.8 Å². The van der Waals surface area contributed by atoms with Crippen LogP contribution in [0.3, 0.4) is 0 Å². The van der Waals surface area contributed by atoms with E-state index >= 15 is 0 Å². The number of benzene rings is 1. The average Bonchev–Trinajstić information content (AvgIpc) is 2.05. The molecule has 1 aromatic carbocycles. The first-order valence-electron chi connectivity index (χ1n) is 4.09. The van der Waals surface area contributed by atoms with Crippen molar-refractivity contribution >= 4 is 22.9 Å². The number of hydrogen-bond acceptors (Lipinski definition) is 1. The van der Waals surface area contributed by atoms with Gasteiger partial charge in [-0.3, -0.25) is 0 Å². The Bertz CT molecular complexity index is 264. The van der Waals surface area contributed by atoms with E-state index in [1.165, 1.54) is 5.56 Å². The van der Waals surface area contributed by atoms with Crippen LogP contribution in [0.1, 0.15) is 19.4 Å². The van der Waals surface area contributed by atoms with Gasteiger partial charge in [0.2, 0.25) is 0 Å². The average molecular weight is 179 g/mol. The molecule has 0 saturated heterocycles. The van der Waals surface area contributed by atoms with E-state index in [9.17, 15) is 0 Å². The van der Waals surface area contributed by atoms with Crippen LogP contribution in [0, 0.1) is 0 Å². The lowest BCUT2D eigenvalue weighted by Crippen LogP contribution is -2.02. The Morgan fingerprint density at radius 3 is 2.33 bits per heavy atom. The van der Waals surface area contributed by atoms with Crippen molar-refractivity contribution in [3.8, 4) is 0 Å². The minimum absolute atomic E-state index is 0.805. The Hall–Kier alpha value is -0.890. The highest BCUT2D eigenvalue weighted by atomic mass is 32.1. The SMILES string of the molecule is CCc1ccc(NC(C)=S)cc1. The Morgan fingerprint density at radius 1 is 1.33 bits per heavy atom. The number of aryl methyl sites for hydroxylation is 1. The van der Waals surface area contributed by atoms with E-state index in [-0.39, 0.29) is 0 Å². The number of thiocarbonyl (C=S) groups is 1. The molecular formula is C10H13NS. The fourth-order valence-electron chi connectivity index (χ4n) is 1.03. The molecule has 2 heteroatoms. The van der Waals surface area contributed by atoms with Gasteiger partial charge in [-0.05, 0) is 31.0 Å². The molecule has 0 aliphatic carbocycles. The van der Waals surface area contributed by atoms with Gasteiger partial charge in [0.1, 0.15) is 0 Å². The van der Waals surface area contributed by atoms with Crippen molar-refractivity contribution < 1.29 is 0 Å². The summed E-state index contributed by atoms with van der Waals surface area (Å²) < 4.78 is 0. The van der Waals surface area contributed by atoms with Crippen molar-refractivity contribution in [1.82, 2.24) is 0 Å². The highest BCUT2D eigenvalue weighted by molar-refractivity contribution is 7.80. The Labute approximate surface area is 78.8 Å². The van der Waals surface area contributed by atoms with E-state index in [4.69, 9.17) is 12.2 Å². The number of hydrogen-bond donors (Lipinski definition) is 1. The molecule has 0 bridgehead atoms. The zero-order valence-corrected chi connectivity index (χ0v) is 8.24. The van der Waals surface area contributed by atoms with Crippen LogP contribution in [-0.4, -0.2) is 4.99 Å². The van der Waals surface area contributed by atoms with Crippen LogP contribution in [0.2, 0.25) is 0 Å². The van der Waals surface area contributed by atoms with Crippen molar-refractivity contribution in [2.24, 2.45) is 0 Å². The molecule has 1 N–H and O–H groups in total. The molecule has 1 aromatic rings. The lowest BCUT2D eigenvalue weighted by molar-refractivity contribution is 1.14. The summed E-state index contributed by atoms with van der Waals surface area (Å²) in [6.07, 6.45) is 1.08. The minimum atomic E-state index is 0.805. The van der Waals surface area contributed by atoms with Crippen LogP contribution in [0.5, 0.6) is 0 Å². The van der Waals surface area contributed by atoms with Crippen molar-refractivity contribution in [3.63, 3.8) is 0 Å². The summed E-state index contributed by atoms with van der Waals surface area (Å²) in [6, 6.07) is 8.32. The molecule has 0 aliphatic rings. The van der Waals surface area contributed by atoms with Gasteiger partial charge in [0, 0.05) is 5.69 Å². The first-order chi connectivity index (χ1) is 5.72. The van der Waals surface area contributed by atoms with Gasteiger partial charge < -0.3 is 5.32 Å². The van der Waals surface area contributed by atoms with Gasteiger partial charge in [-0.2, -0.15) is 0 Å². The summed E-state index contributed by atoms with van der Waals surface area (Å²) in [5.41, 5.74) is 2.42. The van der Waals surface area contributed by atoms with Crippen LogP contribution in [0.4, 0.5) is 5.69 Å². The third-order valence-electron chi connectivity index (χ3n) is 1.68. The minimum Gasteiger partial charge on any atom is -0.350 e. The third-order valence-corrected chi connectivity index (χ3v) is 1.78. The molecule has 0 aromatic heterocycles. The molecule has 0 heterocycles. The molecule has 0 amide bonds. The van der Waals surface area contributed by atoms with Gasteiger partial charge in [0.25, 0.3) is 0 Å². The molecule has 0 saturated carbocycles. The zero-order chi connectivity index (χ0) is 8.97. The van der Waals surface area contributed by atoms with E-state index in [1.54, 1.807) is 0 Å². The topological polar surface area (TPSA) is 12.0 Å². The summed E-state index contributed by atoms with van der Waals surface area (Å²) in [5, 5.41) is 3.09. The predicted molar refractivity (Wildman–Crippen MR) is 57.7 cm³/mol. The van der Waals surface area contributed by atoms with E-state index in [0.717, 1.165) is 17.1 Å². The molecule has 0 atom stereocenters. The molecule has 0 fully saturated rings. The lowest BCUT2D eigenvalue weighted by Gasteiger charge is -2.03. The van der Waals surface area contributed by atoms with Crippen molar-refractivity contribution in [1.29, 1.82) is 0 Å². The summed E-state index contributed by atoms with van der Waals surface area (Å²) >= 11 is 4.93. The van der Waals surface area contributed by atoms with E-state index in [0.29, 0.717) is 0 Å². The number of rotatable bonds is 2. The molecule has 1 nitrogen and oxygen atoms in total. The lowest BCUT2D eigenvalue weighted by atomic mass is 10.1. The smallest absolute Gasteiger partial charge is 0.0765 e. The molecule has 1 rings (SSSR count). The number of anilines is 1. The second-order valence-electron chi connectivity index (χ2n) is 2.73. The second kappa shape index (κ2) is 4.21. The molecule has 0 spiro atoms. The maximum absolute atomic E-state index is 4.93. The van der Waals surface area contributed by atoms with Crippen LogP contribution < -0.4 is 5.32 Å². The zero-order valence-electron chi connectivity index (χ0n) is 7.42. The molecule has 64 valence electrons. The van der Waals surface area contributed by atoms with Gasteiger partial charge in [-0.1, -0.05) is 31.3 Å². The maximum atomic E-state index is 4.93. The van der Waals surface area contributed by atoms with Crippen molar-refractivity contribution in [2.75, 3.05) is 5.32 Å². The molecular weight excluding hydrogens is 166 g/mol. The molecule has 0 unspecified atom stereocenters. The Balaban J connectivity index is 2.71. The third kappa shape index (κ3) is 2.62. The van der Waals surface area contributed by atoms with Gasteiger partial charge in [-0.25, -0.2) is 0 Å². The molecule has 12 heavy (non-hydrogen) atoms. The fraction of sp³-hybridized carbons (Fsp3) is 0.300. The summed E-state index contributed by atoms with van der Waals surface area (Å²) in [6.45, 7) is 4.02. The van der Waals surface area contributed by atoms with Crippen LogP contribution >= 0.6 is 12.2 Å².